The first-order valence-corrected chi connectivity index (χ1v) is 6.79. The van der Waals surface area contributed by atoms with E-state index in [1.807, 2.05) is 6.07 Å². The van der Waals surface area contributed by atoms with Crippen LogP contribution in [-0.2, 0) is 0 Å². The first kappa shape index (κ1) is 12.7. The van der Waals surface area contributed by atoms with Crippen molar-refractivity contribution in [3.8, 4) is 0 Å². The number of hydrogen-bond donors (Lipinski definition) is 1. The van der Waals surface area contributed by atoms with E-state index >= 15 is 0 Å². The van der Waals surface area contributed by atoms with Crippen LogP contribution >= 0.6 is 0 Å². The lowest BCUT2D eigenvalue weighted by molar-refractivity contribution is 0.155. The van der Waals surface area contributed by atoms with E-state index < -0.39 is 0 Å². The minimum atomic E-state index is 0.386. The molecule has 96 valence electrons. The Morgan fingerprint density at radius 1 is 1.59 bits per heavy atom. The zero-order valence-corrected chi connectivity index (χ0v) is 11.0. The predicted molar refractivity (Wildman–Crippen MR) is 70.0 cm³/mol. The van der Waals surface area contributed by atoms with Gasteiger partial charge in [-0.25, -0.2) is 0 Å². The molecule has 3 nitrogen and oxygen atoms in total. The van der Waals surface area contributed by atoms with Gasteiger partial charge in [-0.1, -0.05) is 6.92 Å². The molecule has 3 heteroatoms. The van der Waals surface area contributed by atoms with Crippen molar-refractivity contribution in [3.63, 3.8) is 0 Å². The SMILES string of the molecule is CCN(CC1CCCNC1)C(C)c1ccco1. The molecule has 0 bridgehead atoms. The Hall–Kier alpha value is -0.800. The molecule has 1 aromatic rings. The van der Waals surface area contributed by atoms with Crippen molar-refractivity contribution in [1.82, 2.24) is 10.2 Å². The second-order valence-electron chi connectivity index (χ2n) is 4.99. The van der Waals surface area contributed by atoms with Gasteiger partial charge in [-0.05, 0) is 57.5 Å². The van der Waals surface area contributed by atoms with Crippen molar-refractivity contribution in [2.24, 2.45) is 5.92 Å². The van der Waals surface area contributed by atoms with Crippen molar-refractivity contribution in [2.75, 3.05) is 26.2 Å². The summed E-state index contributed by atoms with van der Waals surface area (Å²) in [5.41, 5.74) is 0. The maximum Gasteiger partial charge on any atom is 0.120 e. The summed E-state index contributed by atoms with van der Waals surface area (Å²) in [6.07, 6.45) is 4.44. The van der Waals surface area contributed by atoms with Crippen molar-refractivity contribution in [1.29, 1.82) is 0 Å². The monoisotopic (exact) mass is 236 g/mol. The summed E-state index contributed by atoms with van der Waals surface area (Å²) in [4.78, 5) is 2.51. The fraction of sp³-hybridized carbons (Fsp3) is 0.714. The molecule has 1 N–H and O–H groups in total. The second kappa shape index (κ2) is 6.22. The number of piperidine rings is 1. The predicted octanol–water partition coefficient (Wildman–Crippen LogP) is 2.66. The number of furan rings is 1. The van der Waals surface area contributed by atoms with E-state index in [2.05, 4.69) is 30.1 Å². The van der Waals surface area contributed by atoms with Gasteiger partial charge in [-0.2, -0.15) is 0 Å². The topological polar surface area (TPSA) is 28.4 Å². The summed E-state index contributed by atoms with van der Waals surface area (Å²) in [7, 11) is 0. The Balaban J connectivity index is 1.91. The van der Waals surface area contributed by atoms with Gasteiger partial charge >= 0.3 is 0 Å². The Morgan fingerprint density at radius 3 is 3.06 bits per heavy atom. The lowest BCUT2D eigenvalue weighted by atomic mass is 9.98. The fourth-order valence-electron chi connectivity index (χ4n) is 2.68. The highest BCUT2D eigenvalue weighted by molar-refractivity contribution is 5.03. The second-order valence-corrected chi connectivity index (χ2v) is 4.99. The molecule has 2 unspecified atom stereocenters. The summed E-state index contributed by atoms with van der Waals surface area (Å²) in [5.74, 6) is 1.87. The minimum Gasteiger partial charge on any atom is -0.468 e. The normalized spacial score (nSPS) is 22.9. The van der Waals surface area contributed by atoms with Crippen molar-refractivity contribution < 1.29 is 4.42 Å². The van der Waals surface area contributed by atoms with E-state index in [0.717, 1.165) is 18.2 Å². The van der Waals surface area contributed by atoms with Crippen LogP contribution in [0.25, 0.3) is 0 Å². The largest absolute Gasteiger partial charge is 0.468 e. The zero-order valence-electron chi connectivity index (χ0n) is 11.0. The van der Waals surface area contributed by atoms with Gasteiger partial charge in [0, 0.05) is 6.54 Å². The average molecular weight is 236 g/mol. The van der Waals surface area contributed by atoms with Crippen molar-refractivity contribution in [2.45, 2.75) is 32.7 Å². The molecule has 0 aromatic carbocycles. The van der Waals surface area contributed by atoms with E-state index in [0.29, 0.717) is 6.04 Å². The molecule has 0 saturated carbocycles. The lowest BCUT2D eigenvalue weighted by Gasteiger charge is -2.32. The number of nitrogens with one attached hydrogen (secondary N) is 1. The Bertz CT molecular complexity index is 304. The van der Waals surface area contributed by atoms with Crippen molar-refractivity contribution >= 4 is 0 Å². The summed E-state index contributed by atoms with van der Waals surface area (Å²) in [6, 6.07) is 4.44. The lowest BCUT2D eigenvalue weighted by Crippen LogP contribution is -2.39. The van der Waals surface area contributed by atoms with Gasteiger partial charge < -0.3 is 9.73 Å². The molecular formula is C14H24N2O. The van der Waals surface area contributed by atoms with Crippen LogP contribution in [0.1, 0.15) is 38.5 Å². The van der Waals surface area contributed by atoms with Crippen LogP contribution in [0.15, 0.2) is 22.8 Å². The first-order valence-electron chi connectivity index (χ1n) is 6.79. The van der Waals surface area contributed by atoms with Crippen LogP contribution in [-0.4, -0.2) is 31.1 Å². The van der Waals surface area contributed by atoms with E-state index in [-0.39, 0.29) is 0 Å². The number of nitrogens with zero attached hydrogens (tertiary/aromatic N) is 1. The zero-order chi connectivity index (χ0) is 12.1. The Labute approximate surface area is 104 Å². The van der Waals surface area contributed by atoms with Gasteiger partial charge in [0.25, 0.3) is 0 Å². The molecule has 17 heavy (non-hydrogen) atoms. The van der Waals surface area contributed by atoms with E-state index in [1.165, 1.54) is 32.5 Å². The molecule has 2 atom stereocenters. The molecule has 1 saturated heterocycles. The van der Waals surface area contributed by atoms with Gasteiger partial charge in [-0.3, -0.25) is 4.90 Å². The molecule has 0 spiro atoms. The van der Waals surface area contributed by atoms with Gasteiger partial charge in [0.2, 0.25) is 0 Å². The molecule has 0 aliphatic carbocycles. The minimum absolute atomic E-state index is 0.386. The van der Waals surface area contributed by atoms with Crippen LogP contribution < -0.4 is 5.32 Å². The average Bonchev–Trinajstić information content (AvgIpc) is 2.90. The maximum atomic E-state index is 5.51. The van der Waals surface area contributed by atoms with E-state index in [1.54, 1.807) is 6.26 Å². The molecule has 0 radical (unpaired) electrons. The first-order chi connectivity index (χ1) is 8.31. The fourth-order valence-corrected chi connectivity index (χ4v) is 2.68. The number of rotatable bonds is 5. The Kier molecular flexibility index (Phi) is 4.63. The third-order valence-corrected chi connectivity index (χ3v) is 3.80. The molecular weight excluding hydrogens is 212 g/mol. The van der Waals surface area contributed by atoms with E-state index in [4.69, 9.17) is 4.42 Å². The van der Waals surface area contributed by atoms with Crippen LogP contribution in [0, 0.1) is 5.92 Å². The Morgan fingerprint density at radius 2 is 2.47 bits per heavy atom. The van der Waals surface area contributed by atoms with E-state index in [9.17, 15) is 0 Å². The van der Waals surface area contributed by atoms with Gasteiger partial charge in [0.05, 0.1) is 12.3 Å². The summed E-state index contributed by atoms with van der Waals surface area (Å²) < 4.78 is 5.51. The number of hydrogen-bond acceptors (Lipinski definition) is 3. The summed E-state index contributed by atoms with van der Waals surface area (Å²) in [5, 5.41) is 3.49. The standard InChI is InChI=1S/C14H24N2O/c1-3-16(11-13-6-4-8-15-10-13)12(2)14-7-5-9-17-14/h5,7,9,12-13,15H,3-4,6,8,10-11H2,1-2H3. The molecule has 0 amide bonds. The third-order valence-electron chi connectivity index (χ3n) is 3.80. The molecule has 2 heterocycles. The molecule has 2 rings (SSSR count). The molecule has 1 fully saturated rings. The molecule has 1 aliphatic heterocycles. The summed E-state index contributed by atoms with van der Waals surface area (Å²) >= 11 is 0. The van der Waals surface area contributed by atoms with Crippen LogP contribution in [0.5, 0.6) is 0 Å². The van der Waals surface area contributed by atoms with Crippen LogP contribution in [0.3, 0.4) is 0 Å². The highest BCUT2D eigenvalue weighted by Gasteiger charge is 2.21. The molecule has 1 aliphatic rings. The van der Waals surface area contributed by atoms with Gasteiger partial charge in [-0.15, -0.1) is 0 Å². The van der Waals surface area contributed by atoms with Gasteiger partial charge in [0.1, 0.15) is 5.76 Å². The van der Waals surface area contributed by atoms with Crippen LogP contribution in [0.4, 0.5) is 0 Å². The third kappa shape index (κ3) is 3.33. The smallest absolute Gasteiger partial charge is 0.120 e. The van der Waals surface area contributed by atoms with Crippen LogP contribution in [0.2, 0.25) is 0 Å². The summed E-state index contributed by atoms with van der Waals surface area (Å²) in [6.45, 7) is 9.08. The highest BCUT2D eigenvalue weighted by atomic mass is 16.3. The van der Waals surface area contributed by atoms with Crippen molar-refractivity contribution in [3.05, 3.63) is 24.2 Å². The maximum absolute atomic E-state index is 5.51. The van der Waals surface area contributed by atoms with Gasteiger partial charge in [0.15, 0.2) is 0 Å². The highest BCUT2D eigenvalue weighted by Crippen LogP contribution is 2.23. The molecule has 1 aromatic heterocycles. The quantitative estimate of drug-likeness (QED) is 0.852.